The van der Waals surface area contributed by atoms with Crippen molar-refractivity contribution in [2.45, 2.75) is 10.8 Å². The zero-order valence-corrected chi connectivity index (χ0v) is 22.7. The van der Waals surface area contributed by atoms with Crippen LogP contribution in [0.25, 0.3) is 0 Å². The maximum atomic E-state index is 12.7. The van der Waals surface area contributed by atoms with Crippen molar-refractivity contribution in [3.8, 4) is 28.7 Å². The highest BCUT2D eigenvalue weighted by Crippen LogP contribution is 2.38. The van der Waals surface area contributed by atoms with E-state index in [9.17, 15) is 9.59 Å². The molecule has 3 rings (SSSR count). The number of nitrogens with one attached hydrogen (secondary N) is 2. The number of aromatic nitrogens is 2. The molecule has 2 N–H and O–H groups in total. The molecule has 0 aliphatic rings. The number of nitrogens with zero attached hydrogens (tertiary/aromatic N) is 2. The van der Waals surface area contributed by atoms with Gasteiger partial charge in [-0.05, 0) is 36.2 Å². The molecule has 0 saturated heterocycles. The first-order valence-corrected chi connectivity index (χ1v) is 12.8. The van der Waals surface area contributed by atoms with E-state index in [0.29, 0.717) is 56.7 Å². The molecule has 0 unspecified atom stereocenters. The predicted molar refractivity (Wildman–Crippen MR) is 141 cm³/mol. The zero-order valence-electron chi connectivity index (χ0n) is 21.1. The Kier molecular flexibility index (Phi) is 10.2. The molecule has 0 radical (unpaired) electrons. The van der Waals surface area contributed by atoms with E-state index in [0.717, 1.165) is 5.56 Å². The van der Waals surface area contributed by atoms with Gasteiger partial charge in [-0.1, -0.05) is 29.2 Å². The van der Waals surface area contributed by atoms with Crippen LogP contribution in [0, 0.1) is 0 Å². The number of thioether (sulfide) groups is 1. The Morgan fingerprint density at radius 2 is 1.54 bits per heavy atom. The van der Waals surface area contributed by atoms with E-state index < -0.39 is 5.91 Å². The van der Waals surface area contributed by atoms with Crippen LogP contribution in [0.1, 0.15) is 15.9 Å². The molecule has 37 heavy (non-hydrogen) atoms. The van der Waals surface area contributed by atoms with Crippen molar-refractivity contribution in [2.24, 2.45) is 0 Å². The van der Waals surface area contributed by atoms with Crippen molar-refractivity contribution in [1.29, 1.82) is 0 Å². The Morgan fingerprint density at radius 3 is 2.16 bits per heavy atom. The van der Waals surface area contributed by atoms with E-state index in [-0.39, 0.29) is 11.7 Å². The van der Waals surface area contributed by atoms with Crippen molar-refractivity contribution < 1.29 is 33.3 Å². The summed E-state index contributed by atoms with van der Waals surface area (Å²) in [7, 11) is 7.59. The van der Waals surface area contributed by atoms with Crippen LogP contribution >= 0.6 is 23.1 Å². The minimum atomic E-state index is -0.417. The number of carbonyl (C=O) groups excluding carboxylic acids is 2. The van der Waals surface area contributed by atoms with Gasteiger partial charge in [-0.2, -0.15) is 0 Å². The largest absolute Gasteiger partial charge is 0.493 e. The first-order chi connectivity index (χ1) is 17.9. The molecule has 0 saturated carbocycles. The van der Waals surface area contributed by atoms with Gasteiger partial charge in [0, 0.05) is 12.1 Å². The molecular weight excluding hydrogens is 520 g/mol. The summed E-state index contributed by atoms with van der Waals surface area (Å²) in [4.78, 5) is 25.0. The van der Waals surface area contributed by atoms with Gasteiger partial charge in [0.1, 0.15) is 0 Å². The number of carbonyl (C=O) groups is 2. The molecule has 0 aliphatic carbocycles. The van der Waals surface area contributed by atoms with E-state index in [4.69, 9.17) is 23.7 Å². The third-order valence-electron chi connectivity index (χ3n) is 5.06. The molecule has 0 aliphatic heterocycles. The Morgan fingerprint density at radius 1 is 0.865 bits per heavy atom. The summed E-state index contributed by atoms with van der Waals surface area (Å²) in [5, 5.41) is 13.9. The number of benzene rings is 2. The van der Waals surface area contributed by atoms with Crippen LogP contribution in [-0.4, -0.2) is 69.9 Å². The molecule has 11 nitrogen and oxygen atoms in total. The van der Waals surface area contributed by atoms with Gasteiger partial charge >= 0.3 is 0 Å². The summed E-state index contributed by atoms with van der Waals surface area (Å²) in [5.41, 5.74) is 1.31. The molecule has 0 bridgehead atoms. The molecule has 0 atom stereocenters. The van der Waals surface area contributed by atoms with Crippen LogP contribution in [0.15, 0.2) is 34.7 Å². The quantitative estimate of drug-likeness (QED) is 0.242. The van der Waals surface area contributed by atoms with Crippen molar-refractivity contribution in [3.63, 3.8) is 0 Å². The average molecular weight is 549 g/mol. The Bertz CT molecular complexity index is 1210. The number of hydrogen-bond donors (Lipinski definition) is 2. The second-order valence-corrected chi connectivity index (χ2v) is 9.52. The van der Waals surface area contributed by atoms with Crippen molar-refractivity contribution in [1.82, 2.24) is 15.5 Å². The van der Waals surface area contributed by atoms with E-state index in [1.807, 2.05) is 18.2 Å². The highest BCUT2D eigenvalue weighted by atomic mass is 32.2. The summed E-state index contributed by atoms with van der Waals surface area (Å²) in [6.45, 7) is 0.473. The lowest BCUT2D eigenvalue weighted by molar-refractivity contribution is -0.118. The van der Waals surface area contributed by atoms with Crippen LogP contribution in [0.2, 0.25) is 0 Å². The van der Waals surface area contributed by atoms with Gasteiger partial charge in [-0.25, -0.2) is 0 Å². The predicted octanol–water partition coefficient (Wildman–Crippen LogP) is 3.28. The molecular formula is C24H28N4O7S2. The fourth-order valence-corrected chi connectivity index (χ4v) is 4.84. The lowest BCUT2D eigenvalue weighted by Crippen LogP contribution is -2.27. The Labute approximate surface area is 222 Å². The lowest BCUT2D eigenvalue weighted by Gasteiger charge is -2.13. The maximum Gasteiger partial charge on any atom is 0.257 e. The maximum absolute atomic E-state index is 12.7. The fraction of sp³-hybridized carbons (Fsp3) is 0.333. The van der Waals surface area contributed by atoms with Gasteiger partial charge in [-0.15, -0.1) is 10.2 Å². The SMILES string of the molecule is COc1ccc(CCNC(=O)CSc2nnc(NC(=O)c3cc(OC)c(OC)c(OC)c3)s2)cc1OC. The number of rotatable bonds is 13. The van der Waals surface area contributed by atoms with Crippen LogP contribution in [0.4, 0.5) is 5.13 Å². The van der Waals surface area contributed by atoms with Gasteiger partial charge < -0.3 is 29.0 Å². The minimum Gasteiger partial charge on any atom is -0.493 e. The van der Waals surface area contributed by atoms with Crippen LogP contribution in [0.3, 0.4) is 0 Å². The molecule has 2 amide bonds. The number of methoxy groups -OCH3 is 5. The normalized spacial score (nSPS) is 10.4. The Hall–Kier alpha value is -3.71. The summed E-state index contributed by atoms with van der Waals surface area (Å²) in [6.07, 6.45) is 0.646. The summed E-state index contributed by atoms with van der Waals surface area (Å²) in [5.74, 6) is 2.02. The lowest BCUT2D eigenvalue weighted by atomic mass is 10.1. The summed E-state index contributed by atoms with van der Waals surface area (Å²) >= 11 is 2.40. The Balaban J connectivity index is 1.49. The van der Waals surface area contributed by atoms with E-state index >= 15 is 0 Å². The van der Waals surface area contributed by atoms with Gasteiger partial charge in [-0.3, -0.25) is 14.9 Å². The van der Waals surface area contributed by atoms with Crippen LogP contribution in [-0.2, 0) is 11.2 Å². The van der Waals surface area contributed by atoms with Gasteiger partial charge in [0.25, 0.3) is 5.91 Å². The summed E-state index contributed by atoms with van der Waals surface area (Å²) < 4.78 is 26.9. The first-order valence-electron chi connectivity index (χ1n) is 11.0. The van der Waals surface area contributed by atoms with E-state index in [1.54, 1.807) is 26.4 Å². The van der Waals surface area contributed by atoms with Crippen LogP contribution < -0.4 is 34.3 Å². The topological polar surface area (TPSA) is 130 Å². The number of anilines is 1. The molecule has 1 aromatic heterocycles. The highest BCUT2D eigenvalue weighted by molar-refractivity contribution is 8.01. The summed E-state index contributed by atoms with van der Waals surface area (Å²) in [6, 6.07) is 8.73. The van der Waals surface area contributed by atoms with Gasteiger partial charge in [0.05, 0.1) is 41.3 Å². The van der Waals surface area contributed by atoms with E-state index in [1.165, 1.54) is 44.4 Å². The van der Waals surface area contributed by atoms with Crippen LogP contribution in [0.5, 0.6) is 28.7 Å². The highest BCUT2D eigenvalue weighted by Gasteiger charge is 2.18. The molecule has 3 aromatic rings. The van der Waals surface area contributed by atoms with E-state index in [2.05, 4.69) is 20.8 Å². The molecule has 13 heteroatoms. The minimum absolute atomic E-state index is 0.135. The number of ether oxygens (including phenoxy) is 5. The molecule has 0 fully saturated rings. The second kappa shape index (κ2) is 13.6. The number of hydrogen-bond acceptors (Lipinski definition) is 11. The van der Waals surface area contributed by atoms with Crippen molar-refractivity contribution >= 4 is 40.0 Å². The fourth-order valence-electron chi connectivity index (χ4n) is 3.26. The third kappa shape index (κ3) is 7.40. The van der Waals surface area contributed by atoms with Gasteiger partial charge in [0.15, 0.2) is 27.3 Å². The molecule has 2 aromatic carbocycles. The smallest absolute Gasteiger partial charge is 0.257 e. The standard InChI is InChI=1S/C24H28N4O7S2/c1-31-16-7-6-14(10-17(16)32-2)8-9-25-20(29)13-36-24-28-27-23(37-24)26-22(30)15-11-18(33-3)21(35-5)19(12-15)34-4/h6-7,10-12H,8-9,13H2,1-5H3,(H,25,29)(H,26,27,30). The molecule has 1 heterocycles. The average Bonchev–Trinajstić information content (AvgIpc) is 3.37. The first kappa shape index (κ1) is 27.9. The zero-order chi connectivity index (χ0) is 26.8. The second-order valence-electron chi connectivity index (χ2n) is 7.32. The molecule has 198 valence electrons. The third-order valence-corrected chi connectivity index (χ3v) is 7.04. The van der Waals surface area contributed by atoms with Crippen molar-refractivity contribution in [3.05, 3.63) is 41.5 Å². The molecule has 0 spiro atoms. The number of amides is 2. The van der Waals surface area contributed by atoms with Crippen molar-refractivity contribution in [2.75, 3.05) is 53.2 Å². The monoisotopic (exact) mass is 548 g/mol. The van der Waals surface area contributed by atoms with Gasteiger partial charge in [0.2, 0.25) is 16.8 Å².